The molecule has 0 aliphatic rings. The first-order chi connectivity index (χ1) is 12.3. The van der Waals surface area contributed by atoms with E-state index >= 15 is 0 Å². The van der Waals surface area contributed by atoms with Crippen LogP contribution in [0, 0.1) is 0 Å². The van der Waals surface area contributed by atoms with E-state index in [2.05, 4.69) is 20.6 Å². The van der Waals surface area contributed by atoms with Crippen LogP contribution in [0.1, 0.15) is 16.8 Å². The number of aliphatic imine (C=N–C) groups is 1. The summed E-state index contributed by atoms with van der Waals surface area (Å²) >= 11 is 1.57. The minimum Gasteiger partial charge on any atom is -0.356 e. The summed E-state index contributed by atoms with van der Waals surface area (Å²) in [7, 11) is 5.55. The highest BCUT2D eigenvalue weighted by Gasteiger charge is 2.29. The lowest BCUT2D eigenvalue weighted by Gasteiger charge is -2.12. The smallest absolute Gasteiger partial charge is 0.356 e. The van der Waals surface area contributed by atoms with Crippen molar-refractivity contribution in [3.63, 3.8) is 0 Å². The third-order valence-electron chi connectivity index (χ3n) is 3.57. The van der Waals surface area contributed by atoms with Gasteiger partial charge < -0.3 is 15.5 Å². The molecule has 27 heavy (non-hydrogen) atoms. The van der Waals surface area contributed by atoms with E-state index in [1.54, 1.807) is 18.4 Å². The molecule has 0 atom stereocenters. The zero-order valence-corrected chi connectivity index (χ0v) is 18.4. The van der Waals surface area contributed by atoms with Gasteiger partial charge in [-0.1, -0.05) is 12.1 Å². The molecule has 10 heteroatoms. The average Bonchev–Trinajstić information content (AvgIpc) is 3.07. The molecular formula is C17H23F3IN5S. The normalized spacial score (nSPS) is 11.7. The lowest BCUT2D eigenvalue weighted by molar-refractivity contribution is -0.137. The molecule has 2 aromatic rings. The van der Waals surface area contributed by atoms with Gasteiger partial charge in [-0.3, -0.25) is 4.99 Å². The standard InChI is InChI=1S/C17H22F3N5S.HI/c1-21-15(23-10-14-11-26-16(24-14)25(2)3)22-9-8-12-4-6-13(7-5-12)17(18,19)20;/h4-7,11H,8-10H2,1-3H3,(H2,21,22,23);1H. The molecule has 5 nitrogen and oxygen atoms in total. The van der Waals surface area contributed by atoms with Gasteiger partial charge in [-0.2, -0.15) is 13.2 Å². The lowest BCUT2D eigenvalue weighted by atomic mass is 10.1. The first-order valence-electron chi connectivity index (χ1n) is 8.02. The van der Waals surface area contributed by atoms with Gasteiger partial charge in [0.15, 0.2) is 11.1 Å². The van der Waals surface area contributed by atoms with Crippen LogP contribution in [0.5, 0.6) is 0 Å². The number of thiazole rings is 1. The molecule has 2 N–H and O–H groups in total. The van der Waals surface area contributed by atoms with Crippen LogP contribution in [-0.2, 0) is 19.1 Å². The Bertz CT molecular complexity index is 729. The van der Waals surface area contributed by atoms with Crippen molar-refractivity contribution in [3.8, 4) is 0 Å². The van der Waals surface area contributed by atoms with E-state index < -0.39 is 11.7 Å². The Morgan fingerprint density at radius 2 is 1.85 bits per heavy atom. The van der Waals surface area contributed by atoms with Gasteiger partial charge in [0.1, 0.15) is 0 Å². The number of hydrogen-bond acceptors (Lipinski definition) is 4. The topological polar surface area (TPSA) is 52.6 Å². The number of anilines is 1. The Balaban J connectivity index is 0.00000364. The number of hydrogen-bond donors (Lipinski definition) is 2. The lowest BCUT2D eigenvalue weighted by Crippen LogP contribution is -2.37. The maximum absolute atomic E-state index is 12.6. The highest BCUT2D eigenvalue weighted by atomic mass is 127. The van der Waals surface area contributed by atoms with Gasteiger partial charge in [0.05, 0.1) is 17.8 Å². The van der Waals surface area contributed by atoms with Crippen molar-refractivity contribution < 1.29 is 13.2 Å². The molecule has 0 fully saturated rings. The Kier molecular flexibility index (Phi) is 9.30. The molecule has 1 aromatic carbocycles. The Labute approximate surface area is 178 Å². The maximum atomic E-state index is 12.6. The van der Waals surface area contributed by atoms with E-state index in [4.69, 9.17) is 0 Å². The third kappa shape index (κ3) is 7.53. The molecule has 0 bridgehead atoms. The number of nitrogens with zero attached hydrogens (tertiary/aromatic N) is 3. The second-order valence-corrected chi connectivity index (χ2v) is 6.65. The van der Waals surface area contributed by atoms with E-state index in [1.807, 2.05) is 24.4 Å². The number of halogens is 4. The van der Waals surface area contributed by atoms with Crippen LogP contribution in [-0.4, -0.2) is 38.6 Å². The fraction of sp³-hybridized carbons (Fsp3) is 0.412. The van der Waals surface area contributed by atoms with Crippen molar-refractivity contribution in [3.05, 3.63) is 46.5 Å². The number of benzene rings is 1. The molecule has 2 rings (SSSR count). The van der Waals surface area contributed by atoms with Crippen LogP contribution in [0.3, 0.4) is 0 Å². The van der Waals surface area contributed by atoms with Gasteiger partial charge in [-0.25, -0.2) is 4.98 Å². The van der Waals surface area contributed by atoms with Crippen molar-refractivity contribution >= 4 is 46.4 Å². The molecule has 1 aromatic heterocycles. The molecule has 0 aliphatic heterocycles. The molecule has 0 saturated carbocycles. The summed E-state index contributed by atoms with van der Waals surface area (Å²) in [4.78, 5) is 10.6. The van der Waals surface area contributed by atoms with Gasteiger partial charge in [-0.05, 0) is 24.1 Å². The molecule has 0 saturated heterocycles. The monoisotopic (exact) mass is 513 g/mol. The summed E-state index contributed by atoms with van der Waals surface area (Å²) in [5.74, 6) is 0.622. The Morgan fingerprint density at radius 1 is 1.19 bits per heavy atom. The molecule has 0 amide bonds. The number of guanidine groups is 1. The highest BCUT2D eigenvalue weighted by Crippen LogP contribution is 2.29. The molecule has 150 valence electrons. The predicted octanol–water partition coefficient (Wildman–Crippen LogP) is 3.75. The number of nitrogens with one attached hydrogen (secondary N) is 2. The number of aromatic nitrogens is 1. The van der Waals surface area contributed by atoms with E-state index in [1.165, 1.54) is 12.1 Å². The van der Waals surface area contributed by atoms with Gasteiger partial charge in [0.2, 0.25) is 0 Å². The van der Waals surface area contributed by atoms with E-state index in [0.717, 1.165) is 28.5 Å². The minimum absolute atomic E-state index is 0. The SMILES string of the molecule is CN=C(NCCc1ccc(C(F)(F)F)cc1)NCc1csc(N(C)C)n1.I. The zero-order valence-electron chi connectivity index (χ0n) is 15.3. The second kappa shape index (κ2) is 10.7. The van der Waals surface area contributed by atoms with Crippen LogP contribution >= 0.6 is 35.3 Å². The average molecular weight is 513 g/mol. The minimum atomic E-state index is -4.30. The van der Waals surface area contributed by atoms with Crippen LogP contribution in [0.4, 0.5) is 18.3 Å². The van der Waals surface area contributed by atoms with E-state index in [9.17, 15) is 13.2 Å². The van der Waals surface area contributed by atoms with E-state index in [-0.39, 0.29) is 24.0 Å². The van der Waals surface area contributed by atoms with Gasteiger partial charge in [0.25, 0.3) is 0 Å². The summed E-state index contributed by atoms with van der Waals surface area (Å²) in [5.41, 5.74) is 1.12. The zero-order chi connectivity index (χ0) is 19.2. The summed E-state index contributed by atoms with van der Waals surface area (Å²) in [5, 5.41) is 9.23. The van der Waals surface area contributed by atoms with Crippen molar-refractivity contribution in [2.45, 2.75) is 19.1 Å². The van der Waals surface area contributed by atoms with Crippen LogP contribution < -0.4 is 15.5 Å². The van der Waals surface area contributed by atoms with Crippen molar-refractivity contribution in [2.75, 3.05) is 32.6 Å². The highest BCUT2D eigenvalue weighted by molar-refractivity contribution is 14.0. The van der Waals surface area contributed by atoms with Crippen molar-refractivity contribution in [1.29, 1.82) is 0 Å². The van der Waals surface area contributed by atoms with Crippen LogP contribution in [0.2, 0.25) is 0 Å². The quantitative estimate of drug-likeness (QED) is 0.351. The maximum Gasteiger partial charge on any atom is 0.416 e. The van der Waals surface area contributed by atoms with Gasteiger partial charge in [0, 0.05) is 33.1 Å². The third-order valence-corrected chi connectivity index (χ3v) is 4.63. The van der Waals surface area contributed by atoms with Gasteiger partial charge in [-0.15, -0.1) is 35.3 Å². The molecule has 1 heterocycles. The number of alkyl halides is 3. The molecule has 0 radical (unpaired) electrons. The fourth-order valence-corrected chi connectivity index (χ4v) is 2.92. The summed E-state index contributed by atoms with van der Waals surface area (Å²) in [6.45, 7) is 1.11. The molecular weight excluding hydrogens is 490 g/mol. The number of rotatable bonds is 6. The molecule has 0 spiro atoms. The summed E-state index contributed by atoms with van der Waals surface area (Å²) in [6.07, 6.45) is -3.70. The van der Waals surface area contributed by atoms with Crippen molar-refractivity contribution in [2.24, 2.45) is 4.99 Å². The largest absolute Gasteiger partial charge is 0.416 e. The van der Waals surface area contributed by atoms with Crippen LogP contribution in [0.15, 0.2) is 34.6 Å². The second-order valence-electron chi connectivity index (χ2n) is 5.81. The molecule has 0 unspecified atom stereocenters. The van der Waals surface area contributed by atoms with Gasteiger partial charge >= 0.3 is 6.18 Å². The first-order valence-corrected chi connectivity index (χ1v) is 8.90. The Morgan fingerprint density at radius 3 is 2.37 bits per heavy atom. The Hall–Kier alpha value is -1.56. The van der Waals surface area contributed by atoms with Crippen molar-refractivity contribution in [1.82, 2.24) is 15.6 Å². The predicted molar refractivity (Wildman–Crippen MR) is 115 cm³/mol. The summed E-state index contributed by atoms with van der Waals surface area (Å²) < 4.78 is 37.7. The first kappa shape index (κ1) is 23.5. The van der Waals surface area contributed by atoms with E-state index in [0.29, 0.717) is 25.5 Å². The summed E-state index contributed by atoms with van der Waals surface area (Å²) in [6, 6.07) is 5.21. The van der Waals surface area contributed by atoms with Crippen LogP contribution in [0.25, 0.3) is 0 Å². The fourth-order valence-electron chi connectivity index (χ4n) is 2.16. The molecule has 0 aliphatic carbocycles.